The van der Waals surface area contributed by atoms with Crippen molar-refractivity contribution in [3.8, 4) is 0 Å². The van der Waals surface area contributed by atoms with E-state index in [0.717, 1.165) is 0 Å². The topological polar surface area (TPSA) is 70.2 Å². The Kier molecular flexibility index (Phi) is 5.83. The van der Waals surface area contributed by atoms with E-state index in [1.54, 1.807) is 18.2 Å². The number of nitrogens with one attached hydrogen (secondary N) is 3. The Bertz CT molecular complexity index is 750. The minimum Gasteiger partial charge on any atom is -0.374 e. The van der Waals surface area contributed by atoms with Crippen LogP contribution in [0.3, 0.4) is 0 Å². The van der Waals surface area contributed by atoms with Gasteiger partial charge in [-0.1, -0.05) is 18.2 Å². The van der Waals surface area contributed by atoms with E-state index in [1.165, 1.54) is 31.2 Å². The van der Waals surface area contributed by atoms with Crippen molar-refractivity contribution in [2.75, 3.05) is 17.2 Å². The molecule has 126 valence electrons. The molecule has 0 saturated carbocycles. The van der Waals surface area contributed by atoms with Gasteiger partial charge in [0.15, 0.2) is 0 Å². The lowest BCUT2D eigenvalue weighted by Crippen LogP contribution is -2.29. The molecule has 0 aromatic heterocycles. The lowest BCUT2D eigenvalue weighted by molar-refractivity contribution is -0.119. The van der Waals surface area contributed by atoms with E-state index < -0.39 is 17.5 Å². The molecule has 0 fully saturated rings. The van der Waals surface area contributed by atoms with Crippen LogP contribution in [-0.2, 0) is 16.1 Å². The van der Waals surface area contributed by atoms with Crippen molar-refractivity contribution in [3.63, 3.8) is 0 Å². The fourth-order valence-corrected chi connectivity index (χ4v) is 2.02. The van der Waals surface area contributed by atoms with E-state index in [0.29, 0.717) is 11.3 Å². The molecule has 3 N–H and O–H groups in total. The van der Waals surface area contributed by atoms with Crippen molar-refractivity contribution in [2.45, 2.75) is 13.5 Å². The number of carbonyl (C=O) groups is 2. The maximum Gasteiger partial charge on any atom is 0.239 e. The van der Waals surface area contributed by atoms with Gasteiger partial charge >= 0.3 is 0 Å². The van der Waals surface area contributed by atoms with Gasteiger partial charge in [-0.15, -0.1) is 0 Å². The first-order valence-corrected chi connectivity index (χ1v) is 7.27. The minimum absolute atomic E-state index is 0.0433. The second kappa shape index (κ2) is 8.05. The standard InChI is InChI=1S/C17H17F2N3O2/c1-11(23)22-13-6-7-15(19)16(8-13)20-10-17(24)21-9-12-4-2-3-5-14(12)18/h2-8,20H,9-10H2,1H3,(H,21,24)(H,22,23). The molecule has 0 aliphatic rings. The molecule has 2 aromatic rings. The van der Waals surface area contributed by atoms with Crippen LogP contribution in [0.1, 0.15) is 12.5 Å². The average molecular weight is 333 g/mol. The van der Waals surface area contributed by atoms with Gasteiger partial charge in [0.1, 0.15) is 11.6 Å². The number of hydrogen-bond donors (Lipinski definition) is 3. The zero-order valence-corrected chi connectivity index (χ0v) is 13.0. The van der Waals surface area contributed by atoms with Crippen LogP contribution in [-0.4, -0.2) is 18.4 Å². The lowest BCUT2D eigenvalue weighted by Gasteiger charge is -2.11. The molecule has 0 aliphatic heterocycles. The Morgan fingerprint density at radius 3 is 2.50 bits per heavy atom. The molecule has 0 spiro atoms. The normalized spacial score (nSPS) is 10.1. The summed E-state index contributed by atoms with van der Waals surface area (Å²) in [4.78, 5) is 22.8. The molecular formula is C17H17F2N3O2. The first-order valence-electron chi connectivity index (χ1n) is 7.27. The molecular weight excluding hydrogens is 316 g/mol. The fraction of sp³-hybridized carbons (Fsp3) is 0.176. The van der Waals surface area contributed by atoms with E-state index in [4.69, 9.17) is 0 Å². The van der Waals surface area contributed by atoms with Gasteiger partial charge in [0, 0.05) is 24.7 Å². The highest BCUT2D eigenvalue weighted by molar-refractivity contribution is 5.89. The Balaban J connectivity index is 1.89. The quantitative estimate of drug-likeness (QED) is 0.761. The molecule has 0 aliphatic carbocycles. The highest BCUT2D eigenvalue weighted by atomic mass is 19.1. The largest absolute Gasteiger partial charge is 0.374 e. The van der Waals surface area contributed by atoms with Gasteiger partial charge < -0.3 is 16.0 Å². The number of carbonyl (C=O) groups excluding carboxylic acids is 2. The van der Waals surface area contributed by atoms with Crippen molar-refractivity contribution < 1.29 is 18.4 Å². The summed E-state index contributed by atoms with van der Waals surface area (Å²) >= 11 is 0. The summed E-state index contributed by atoms with van der Waals surface area (Å²) < 4.78 is 27.1. The van der Waals surface area contributed by atoms with Crippen molar-refractivity contribution in [1.29, 1.82) is 0 Å². The van der Waals surface area contributed by atoms with Gasteiger partial charge in [0.2, 0.25) is 11.8 Å². The molecule has 24 heavy (non-hydrogen) atoms. The highest BCUT2D eigenvalue weighted by Crippen LogP contribution is 2.19. The van der Waals surface area contributed by atoms with Gasteiger partial charge in [0.25, 0.3) is 0 Å². The summed E-state index contributed by atoms with van der Waals surface area (Å²) in [6, 6.07) is 10.1. The molecule has 0 heterocycles. The Hall–Kier alpha value is -2.96. The van der Waals surface area contributed by atoms with Crippen molar-refractivity contribution >= 4 is 23.2 Å². The SMILES string of the molecule is CC(=O)Nc1ccc(F)c(NCC(=O)NCc2ccccc2F)c1. The fourth-order valence-electron chi connectivity index (χ4n) is 2.02. The first-order chi connectivity index (χ1) is 11.5. The second-order valence-electron chi connectivity index (χ2n) is 5.10. The van der Waals surface area contributed by atoms with Crippen LogP contribution >= 0.6 is 0 Å². The molecule has 2 aromatic carbocycles. The molecule has 0 unspecified atom stereocenters. The molecule has 0 atom stereocenters. The Labute approximate surface area is 138 Å². The van der Waals surface area contributed by atoms with Crippen LogP contribution in [0, 0.1) is 11.6 Å². The number of halogens is 2. The van der Waals surface area contributed by atoms with Gasteiger partial charge in [-0.3, -0.25) is 9.59 Å². The van der Waals surface area contributed by atoms with E-state index in [2.05, 4.69) is 16.0 Å². The molecule has 0 radical (unpaired) electrons. The number of hydrogen-bond acceptors (Lipinski definition) is 3. The van der Waals surface area contributed by atoms with E-state index in [1.807, 2.05) is 0 Å². The molecule has 0 bridgehead atoms. The second-order valence-corrected chi connectivity index (χ2v) is 5.10. The third-order valence-electron chi connectivity index (χ3n) is 3.16. The van der Waals surface area contributed by atoms with Crippen LogP contribution in [0.15, 0.2) is 42.5 Å². The number of anilines is 2. The number of rotatable bonds is 6. The molecule has 0 saturated heterocycles. The van der Waals surface area contributed by atoms with E-state index in [9.17, 15) is 18.4 Å². The zero-order valence-electron chi connectivity index (χ0n) is 13.0. The van der Waals surface area contributed by atoms with Crippen LogP contribution in [0.25, 0.3) is 0 Å². The van der Waals surface area contributed by atoms with Crippen molar-refractivity contribution in [2.24, 2.45) is 0 Å². The summed E-state index contributed by atoms with van der Waals surface area (Å²) in [6.07, 6.45) is 0. The van der Waals surface area contributed by atoms with E-state index >= 15 is 0 Å². The summed E-state index contributed by atoms with van der Waals surface area (Å²) in [7, 11) is 0. The van der Waals surface area contributed by atoms with Gasteiger partial charge in [0.05, 0.1) is 12.2 Å². The summed E-state index contributed by atoms with van der Waals surface area (Å²) in [5.74, 6) is -1.65. The Morgan fingerprint density at radius 1 is 1.04 bits per heavy atom. The predicted molar refractivity (Wildman–Crippen MR) is 87.4 cm³/mol. The predicted octanol–water partition coefficient (Wildman–Crippen LogP) is 2.65. The van der Waals surface area contributed by atoms with E-state index in [-0.39, 0.29) is 24.7 Å². The summed E-state index contributed by atoms with van der Waals surface area (Å²) in [5.41, 5.74) is 0.866. The molecule has 2 rings (SSSR count). The van der Waals surface area contributed by atoms with Crippen LogP contribution in [0.4, 0.5) is 20.2 Å². The molecule has 7 heteroatoms. The zero-order chi connectivity index (χ0) is 17.5. The third-order valence-corrected chi connectivity index (χ3v) is 3.16. The minimum atomic E-state index is -0.550. The molecule has 2 amide bonds. The van der Waals surface area contributed by atoms with Gasteiger partial charge in [-0.2, -0.15) is 0 Å². The van der Waals surface area contributed by atoms with Gasteiger partial charge in [-0.25, -0.2) is 8.78 Å². The highest BCUT2D eigenvalue weighted by Gasteiger charge is 2.08. The third kappa shape index (κ3) is 5.05. The lowest BCUT2D eigenvalue weighted by atomic mass is 10.2. The van der Waals surface area contributed by atoms with Crippen LogP contribution < -0.4 is 16.0 Å². The van der Waals surface area contributed by atoms with Crippen LogP contribution in [0.2, 0.25) is 0 Å². The monoisotopic (exact) mass is 333 g/mol. The summed E-state index contributed by atoms with van der Waals surface area (Å²) in [6.45, 7) is 1.20. The molecule has 5 nitrogen and oxygen atoms in total. The Morgan fingerprint density at radius 2 is 1.79 bits per heavy atom. The number of benzene rings is 2. The smallest absolute Gasteiger partial charge is 0.239 e. The van der Waals surface area contributed by atoms with Crippen molar-refractivity contribution in [3.05, 3.63) is 59.7 Å². The van der Waals surface area contributed by atoms with Crippen molar-refractivity contribution in [1.82, 2.24) is 5.32 Å². The first kappa shape index (κ1) is 17.4. The van der Waals surface area contributed by atoms with Crippen LogP contribution in [0.5, 0.6) is 0 Å². The number of amides is 2. The maximum absolute atomic E-state index is 13.7. The van der Waals surface area contributed by atoms with Gasteiger partial charge in [-0.05, 0) is 24.3 Å². The summed E-state index contributed by atoms with van der Waals surface area (Å²) in [5, 5.41) is 7.71. The average Bonchev–Trinajstić information content (AvgIpc) is 2.54. The maximum atomic E-state index is 13.7.